The van der Waals surface area contributed by atoms with Gasteiger partial charge < -0.3 is 15.5 Å². The molecule has 96 valence electrons. The third kappa shape index (κ3) is 4.02. The first-order chi connectivity index (χ1) is 8.22. The first kappa shape index (κ1) is 14.0. The van der Waals surface area contributed by atoms with Gasteiger partial charge in [0, 0.05) is 24.3 Å². The fourth-order valence-electron chi connectivity index (χ4n) is 2.06. The average molecular weight is 237 g/mol. The molecule has 3 heteroatoms. The van der Waals surface area contributed by atoms with Gasteiger partial charge in [-0.1, -0.05) is 32.0 Å². The van der Waals surface area contributed by atoms with Crippen LogP contribution in [0.3, 0.4) is 0 Å². The predicted molar refractivity (Wildman–Crippen MR) is 70.1 cm³/mol. The Morgan fingerprint density at radius 3 is 2.41 bits per heavy atom. The molecule has 0 fully saturated rings. The lowest BCUT2D eigenvalue weighted by molar-refractivity contribution is 0.254. The molecular formula is C14H23NO2. The number of phenolic OH excluding ortho intramolecular Hbond substituents is 1. The SMILES string of the molecule is CCC(CCO)NC(CC)c1ccccc1O. The maximum Gasteiger partial charge on any atom is 0.120 e. The molecule has 0 saturated heterocycles. The van der Waals surface area contributed by atoms with Crippen molar-refractivity contribution in [3.8, 4) is 5.75 Å². The maximum absolute atomic E-state index is 9.84. The highest BCUT2D eigenvalue weighted by Gasteiger charge is 2.16. The molecule has 0 bridgehead atoms. The normalized spacial score (nSPS) is 14.5. The topological polar surface area (TPSA) is 52.5 Å². The Hall–Kier alpha value is -1.06. The van der Waals surface area contributed by atoms with Gasteiger partial charge in [-0.05, 0) is 25.3 Å². The Bertz CT molecular complexity index is 328. The molecule has 0 saturated carbocycles. The number of aliphatic hydroxyl groups excluding tert-OH is 1. The van der Waals surface area contributed by atoms with Crippen LogP contribution < -0.4 is 5.32 Å². The van der Waals surface area contributed by atoms with Gasteiger partial charge in [-0.25, -0.2) is 0 Å². The van der Waals surface area contributed by atoms with Crippen molar-refractivity contribution in [1.82, 2.24) is 5.32 Å². The summed E-state index contributed by atoms with van der Waals surface area (Å²) < 4.78 is 0. The van der Waals surface area contributed by atoms with Crippen molar-refractivity contribution in [2.75, 3.05) is 6.61 Å². The second kappa shape index (κ2) is 7.30. The van der Waals surface area contributed by atoms with Crippen LogP contribution in [0.15, 0.2) is 24.3 Å². The van der Waals surface area contributed by atoms with Crippen molar-refractivity contribution in [2.24, 2.45) is 0 Å². The first-order valence-electron chi connectivity index (χ1n) is 6.37. The van der Waals surface area contributed by atoms with E-state index in [9.17, 15) is 5.11 Å². The van der Waals surface area contributed by atoms with E-state index in [4.69, 9.17) is 5.11 Å². The summed E-state index contributed by atoms with van der Waals surface area (Å²) in [6, 6.07) is 7.87. The Balaban J connectivity index is 2.74. The molecule has 3 nitrogen and oxygen atoms in total. The Morgan fingerprint density at radius 1 is 1.18 bits per heavy atom. The van der Waals surface area contributed by atoms with Gasteiger partial charge >= 0.3 is 0 Å². The van der Waals surface area contributed by atoms with Crippen LogP contribution in [0, 0.1) is 0 Å². The van der Waals surface area contributed by atoms with E-state index >= 15 is 0 Å². The second-order valence-corrected chi connectivity index (χ2v) is 4.30. The van der Waals surface area contributed by atoms with Crippen molar-refractivity contribution in [3.05, 3.63) is 29.8 Å². The zero-order valence-corrected chi connectivity index (χ0v) is 10.7. The number of phenols is 1. The molecule has 1 aromatic rings. The van der Waals surface area contributed by atoms with Gasteiger partial charge in [-0.2, -0.15) is 0 Å². The van der Waals surface area contributed by atoms with Crippen LogP contribution in [0.25, 0.3) is 0 Å². The van der Waals surface area contributed by atoms with Crippen LogP contribution in [-0.4, -0.2) is 22.9 Å². The Morgan fingerprint density at radius 2 is 1.88 bits per heavy atom. The average Bonchev–Trinajstić information content (AvgIpc) is 2.35. The fraction of sp³-hybridized carbons (Fsp3) is 0.571. The summed E-state index contributed by atoms with van der Waals surface area (Å²) in [5.41, 5.74) is 0.936. The van der Waals surface area contributed by atoms with Gasteiger partial charge in [0.1, 0.15) is 5.75 Å². The van der Waals surface area contributed by atoms with Gasteiger partial charge in [-0.15, -0.1) is 0 Å². The van der Waals surface area contributed by atoms with Crippen molar-refractivity contribution in [1.29, 1.82) is 0 Å². The van der Waals surface area contributed by atoms with E-state index in [0.29, 0.717) is 11.8 Å². The molecule has 2 atom stereocenters. The predicted octanol–water partition coefficient (Wildman–Crippen LogP) is 2.59. The summed E-state index contributed by atoms with van der Waals surface area (Å²) in [6.45, 7) is 4.39. The number of hydrogen-bond donors (Lipinski definition) is 3. The van der Waals surface area contributed by atoms with E-state index in [2.05, 4.69) is 19.2 Å². The van der Waals surface area contributed by atoms with Crippen molar-refractivity contribution < 1.29 is 10.2 Å². The summed E-state index contributed by atoms with van der Waals surface area (Å²) in [5, 5.41) is 22.3. The lowest BCUT2D eigenvalue weighted by Crippen LogP contribution is -2.33. The molecule has 0 heterocycles. The molecule has 0 aliphatic rings. The number of benzene rings is 1. The minimum Gasteiger partial charge on any atom is -0.508 e. The standard InChI is InChI=1S/C14H23NO2/c1-3-11(9-10-16)15-13(4-2)12-7-5-6-8-14(12)17/h5-8,11,13,15-17H,3-4,9-10H2,1-2H3. The van der Waals surface area contributed by atoms with Crippen LogP contribution in [0.4, 0.5) is 0 Å². The third-order valence-electron chi connectivity index (χ3n) is 3.13. The number of nitrogens with one attached hydrogen (secondary N) is 1. The van der Waals surface area contributed by atoms with Crippen LogP contribution in [-0.2, 0) is 0 Å². The molecule has 0 aromatic heterocycles. The third-order valence-corrected chi connectivity index (χ3v) is 3.13. The number of rotatable bonds is 7. The number of hydrogen-bond acceptors (Lipinski definition) is 3. The molecule has 3 N–H and O–H groups in total. The molecule has 0 spiro atoms. The highest BCUT2D eigenvalue weighted by atomic mass is 16.3. The Labute approximate surface area is 103 Å². The molecule has 1 rings (SSSR count). The van der Waals surface area contributed by atoms with Gasteiger partial charge in [0.15, 0.2) is 0 Å². The zero-order valence-electron chi connectivity index (χ0n) is 10.7. The van der Waals surface area contributed by atoms with Gasteiger partial charge in [-0.3, -0.25) is 0 Å². The molecule has 0 aliphatic heterocycles. The van der Waals surface area contributed by atoms with Crippen molar-refractivity contribution in [3.63, 3.8) is 0 Å². The summed E-state index contributed by atoms with van der Waals surface area (Å²) in [4.78, 5) is 0. The van der Waals surface area contributed by atoms with E-state index < -0.39 is 0 Å². The smallest absolute Gasteiger partial charge is 0.120 e. The van der Waals surface area contributed by atoms with E-state index in [-0.39, 0.29) is 12.6 Å². The second-order valence-electron chi connectivity index (χ2n) is 4.30. The highest BCUT2D eigenvalue weighted by Crippen LogP contribution is 2.26. The molecule has 0 radical (unpaired) electrons. The lowest BCUT2D eigenvalue weighted by Gasteiger charge is -2.24. The quantitative estimate of drug-likeness (QED) is 0.683. The largest absolute Gasteiger partial charge is 0.508 e. The summed E-state index contributed by atoms with van der Waals surface area (Å²) in [7, 11) is 0. The van der Waals surface area contributed by atoms with Crippen molar-refractivity contribution in [2.45, 2.75) is 45.2 Å². The van der Waals surface area contributed by atoms with Crippen LogP contribution in [0.5, 0.6) is 5.75 Å². The van der Waals surface area contributed by atoms with Crippen LogP contribution >= 0.6 is 0 Å². The monoisotopic (exact) mass is 237 g/mol. The number of aromatic hydroxyl groups is 1. The number of para-hydroxylation sites is 1. The molecule has 1 aromatic carbocycles. The summed E-state index contributed by atoms with van der Waals surface area (Å²) >= 11 is 0. The number of aliphatic hydroxyl groups is 1. The van der Waals surface area contributed by atoms with Gasteiger partial charge in [0.05, 0.1) is 0 Å². The lowest BCUT2D eigenvalue weighted by atomic mass is 10.0. The van der Waals surface area contributed by atoms with Crippen LogP contribution in [0.2, 0.25) is 0 Å². The van der Waals surface area contributed by atoms with Gasteiger partial charge in [0.25, 0.3) is 0 Å². The highest BCUT2D eigenvalue weighted by molar-refractivity contribution is 5.34. The first-order valence-corrected chi connectivity index (χ1v) is 6.37. The van der Waals surface area contributed by atoms with Crippen LogP contribution in [0.1, 0.15) is 44.7 Å². The summed E-state index contributed by atoms with van der Waals surface area (Å²) in [5.74, 6) is 0.339. The van der Waals surface area contributed by atoms with Gasteiger partial charge in [0.2, 0.25) is 0 Å². The van der Waals surface area contributed by atoms with E-state index in [1.165, 1.54) is 0 Å². The van der Waals surface area contributed by atoms with Crippen molar-refractivity contribution >= 4 is 0 Å². The minimum atomic E-state index is 0.146. The molecule has 17 heavy (non-hydrogen) atoms. The summed E-state index contributed by atoms with van der Waals surface area (Å²) in [6.07, 6.45) is 2.64. The van der Waals surface area contributed by atoms with E-state index in [0.717, 1.165) is 24.8 Å². The van der Waals surface area contributed by atoms with E-state index in [1.54, 1.807) is 6.07 Å². The fourth-order valence-corrected chi connectivity index (χ4v) is 2.06. The minimum absolute atomic E-state index is 0.146. The molecular weight excluding hydrogens is 214 g/mol. The zero-order chi connectivity index (χ0) is 12.7. The molecule has 2 unspecified atom stereocenters. The maximum atomic E-state index is 9.84. The van der Waals surface area contributed by atoms with E-state index in [1.807, 2.05) is 18.2 Å². The Kier molecular flexibility index (Phi) is 6.01. The molecule has 0 amide bonds. The molecule has 0 aliphatic carbocycles.